The SMILES string of the molecule is COc1ccccc1Oc1ncccc1C1=NCCCN1. The summed E-state index contributed by atoms with van der Waals surface area (Å²) >= 11 is 0. The molecule has 1 aromatic carbocycles. The first-order valence-corrected chi connectivity index (χ1v) is 6.93. The number of aromatic nitrogens is 1. The van der Waals surface area contributed by atoms with Gasteiger partial charge < -0.3 is 14.8 Å². The number of para-hydroxylation sites is 2. The highest BCUT2D eigenvalue weighted by Crippen LogP contribution is 2.31. The van der Waals surface area contributed by atoms with E-state index in [2.05, 4.69) is 15.3 Å². The van der Waals surface area contributed by atoms with Crippen molar-refractivity contribution in [2.24, 2.45) is 4.99 Å². The monoisotopic (exact) mass is 283 g/mol. The lowest BCUT2D eigenvalue weighted by molar-refractivity contribution is 0.374. The van der Waals surface area contributed by atoms with Gasteiger partial charge in [-0.1, -0.05) is 12.1 Å². The van der Waals surface area contributed by atoms with E-state index in [1.54, 1.807) is 13.3 Å². The highest BCUT2D eigenvalue weighted by atomic mass is 16.5. The van der Waals surface area contributed by atoms with E-state index >= 15 is 0 Å². The summed E-state index contributed by atoms with van der Waals surface area (Å²) in [6, 6.07) is 11.3. The Morgan fingerprint density at radius 1 is 1.10 bits per heavy atom. The van der Waals surface area contributed by atoms with E-state index in [1.165, 1.54) is 0 Å². The fraction of sp³-hybridized carbons (Fsp3) is 0.250. The minimum atomic E-state index is 0.523. The van der Waals surface area contributed by atoms with Gasteiger partial charge in [0.15, 0.2) is 11.5 Å². The summed E-state index contributed by atoms with van der Waals surface area (Å²) in [5.41, 5.74) is 0.864. The Bertz CT molecular complexity index is 655. The van der Waals surface area contributed by atoms with Gasteiger partial charge in [-0.2, -0.15) is 0 Å². The second-order valence-electron chi connectivity index (χ2n) is 4.62. The molecule has 0 radical (unpaired) electrons. The largest absolute Gasteiger partial charge is 0.493 e. The zero-order valence-corrected chi connectivity index (χ0v) is 11.9. The van der Waals surface area contributed by atoms with Crippen LogP contribution in [0.2, 0.25) is 0 Å². The molecule has 0 atom stereocenters. The van der Waals surface area contributed by atoms with Crippen LogP contribution in [0.5, 0.6) is 17.4 Å². The van der Waals surface area contributed by atoms with Crippen LogP contribution in [0.15, 0.2) is 47.6 Å². The van der Waals surface area contributed by atoms with Crippen LogP contribution in [-0.2, 0) is 0 Å². The summed E-state index contributed by atoms with van der Waals surface area (Å²) in [5.74, 6) is 2.67. The predicted octanol–water partition coefficient (Wildman–Crippen LogP) is 2.62. The van der Waals surface area contributed by atoms with Gasteiger partial charge in [0, 0.05) is 19.3 Å². The van der Waals surface area contributed by atoms with Crippen molar-refractivity contribution < 1.29 is 9.47 Å². The van der Waals surface area contributed by atoms with Crippen LogP contribution in [-0.4, -0.2) is 31.0 Å². The molecule has 0 saturated carbocycles. The van der Waals surface area contributed by atoms with Crippen LogP contribution in [0.1, 0.15) is 12.0 Å². The molecule has 1 aliphatic rings. The number of hydrogen-bond donors (Lipinski definition) is 1. The summed E-state index contributed by atoms with van der Waals surface area (Å²) < 4.78 is 11.2. The molecule has 1 aliphatic heterocycles. The molecule has 108 valence electrons. The maximum atomic E-state index is 5.93. The Morgan fingerprint density at radius 2 is 1.95 bits per heavy atom. The van der Waals surface area contributed by atoms with Gasteiger partial charge in [-0.15, -0.1) is 0 Å². The molecule has 0 fully saturated rings. The highest BCUT2D eigenvalue weighted by Gasteiger charge is 2.15. The quantitative estimate of drug-likeness (QED) is 0.937. The molecule has 0 amide bonds. The number of amidine groups is 1. The molecule has 3 rings (SSSR count). The van der Waals surface area contributed by atoms with Gasteiger partial charge >= 0.3 is 0 Å². The summed E-state index contributed by atoms with van der Waals surface area (Å²) in [5, 5.41) is 3.29. The van der Waals surface area contributed by atoms with Crippen LogP contribution in [0.25, 0.3) is 0 Å². The molecule has 0 unspecified atom stereocenters. The minimum absolute atomic E-state index is 0.523. The van der Waals surface area contributed by atoms with Crippen LogP contribution >= 0.6 is 0 Å². The van der Waals surface area contributed by atoms with E-state index in [0.717, 1.165) is 30.9 Å². The lowest BCUT2D eigenvalue weighted by atomic mass is 10.2. The highest BCUT2D eigenvalue weighted by molar-refractivity contribution is 6.01. The first-order valence-electron chi connectivity index (χ1n) is 6.93. The van der Waals surface area contributed by atoms with Crippen molar-refractivity contribution >= 4 is 5.84 Å². The van der Waals surface area contributed by atoms with Crippen molar-refractivity contribution in [3.63, 3.8) is 0 Å². The van der Waals surface area contributed by atoms with Crippen molar-refractivity contribution in [2.45, 2.75) is 6.42 Å². The van der Waals surface area contributed by atoms with E-state index in [0.29, 0.717) is 17.4 Å². The molecule has 5 nitrogen and oxygen atoms in total. The molecule has 2 aromatic rings. The van der Waals surface area contributed by atoms with Crippen LogP contribution in [0.3, 0.4) is 0 Å². The second-order valence-corrected chi connectivity index (χ2v) is 4.62. The van der Waals surface area contributed by atoms with Crippen LogP contribution < -0.4 is 14.8 Å². The topological polar surface area (TPSA) is 55.7 Å². The molecular weight excluding hydrogens is 266 g/mol. The number of nitrogens with zero attached hydrogens (tertiary/aromatic N) is 2. The average Bonchev–Trinajstić information content (AvgIpc) is 2.57. The van der Waals surface area contributed by atoms with E-state index in [4.69, 9.17) is 9.47 Å². The number of methoxy groups -OCH3 is 1. The van der Waals surface area contributed by atoms with Crippen molar-refractivity contribution in [1.82, 2.24) is 10.3 Å². The molecule has 0 spiro atoms. The normalized spacial score (nSPS) is 14.0. The van der Waals surface area contributed by atoms with Gasteiger partial charge in [0.1, 0.15) is 5.84 Å². The zero-order chi connectivity index (χ0) is 14.5. The Hall–Kier alpha value is -2.56. The standard InChI is InChI=1S/C16H17N3O2/c1-20-13-7-2-3-8-14(13)21-16-12(6-4-9-19-16)15-17-10-5-11-18-15/h2-4,6-9H,5,10-11H2,1H3,(H,17,18). The van der Waals surface area contributed by atoms with Gasteiger partial charge in [-0.3, -0.25) is 4.99 Å². The zero-order valence-electron chi connectivity index (χ0n) is 11.9. The maximum Gasteiger partial charge on any atom is 0.230 e. The Labute approximate surface area is 123 Å². The van der Waals surface area contributed by atoms with Crippen LogP contribution in [0, 0.1) is 0 Å². The number of rotatable bonds is 4. The number of ether oxygens (including phenoxy) is 2. The predicted molar refractivity (Wildman–Crippen MR) is 81.3 cm³/mol. The molecule has 1 N–H and O–H groups in total. The van der Waals surface area contributed by atoms with Crippen molar-refractivity contribution in [2.75, 3.05) is 20.2 Å². The summed E-state index contributed by atoms with van der Waals surface area (Å²) in [6.07, 6.45) is 2.75. The van der Waals surface area contributed by atoms with E-state index in [9.17, 15) is 0 Å². The Kier molecular flexibility index (Phi) is 4.00. The molecule has 1 aromatic heterocycles. The van der Waals surface area contributed by atoms with Gasteiger partial charge in [-0.05, 0) is 30.7 Å². The lowest BCUT2D eigenvalue weighted by Gasteiger charge is -2.17. The minimum Gasteiger partial charge on any atom is -0.493 e. The molecule has 0 bridgehead atoms. The Balaban J connectivity index is 1.94. The molecule has 0 aliphatic carbocycles. The molecule has 2 heterocycles. The summed E-state index contributed by atoms with van der Waals surface area (Å²) in [7, 11) is 1.62. The van der Waals surface area contributed by atoms with E-state index in [-0.39, 0.29) is 0 Å². The molecule has 0 saturated heterocycles. The van der Waals surface area contributed by atoms with Crippen molar-refractivity contribution in [1.29, 1.82) is 0 Å². The third-order valence-electron chi connectivity index (χ3n) is 3.20. The summed E-state index contributed by atoms with van der Waals surface area (Å²) in [6.45, 7) is 1.74. The third-order valence-corrected chi connectivity index (χ3v) is 3.20. The van der Waals surface area contributed by atoms with Crippen LogP contribution in [0.4, 0.5) is 0 Å². The molecule has 21 heavy (non-hydrogen) atoms. The first kappa shape index (κ1) is 13.4. The lowest BCUT2D eigenvalue weighted by Crippen LogP contribution is -2.30. The van der Waals surface area contributed by atoms with Crippen molar-refractivity contribution in [3.05, 3.63) is 48.2 Å². The number of benzene rings is 1. The number of aliphatic imine (C=N–C) groups is 1. The fourth-order valence-electron chi connectivity index (χ4n) is 2.17. The first-order chi connectivity index (χ1) is 10.4. The molecular formula is C16H17N3O2. The van der Waals surface area contributed by atoms with Gasteiger partial charge in [-0.25, -0.2) is 4.98 Å². The number of hydrogen-bond acceptors (Lipinski definition) is 5. The van der Waals surface area contributed by atoms with Gasteiger partial charge in [0.05, 0.1) is 12.7 Å². The number of nitrogens with one attached hydrogen (secondary N) is 1. The smallest absolute Gasteiger partial charge is 0.230 e. The maximum absolute atomic E-state index is 5.93. The van der Waals surface area contributed by atoms with Gasteiger partial charge in [0.25, 0.3) is 0 Å². The van der Waals surface area contributed by atoms with Gasteiger partial charge in [0.2, 0.25) is 5.88 Å². The Morgan fingerprint density at radius 3 is 2.71 bits per heavy atom. The average molecular weight is 283 g/mol. The molecule has 5 heteroatoms. The second kappa shape index (κ2) is 6.26. The van der Waals surface area contributed by atoms with E-state index < -0.39 is 0 Å². The number of pyridine rings is 1. The van der Waals surface area contributed by atoms with E-state index in [1.807, 2.05) is 36.4 Å². The summed E-state index contributed by atoms with van der Waals surface area (Å²) in [4.78, 5) is 8.82. The third kappa shape index (κ3) is 2.97. The van der Waals surface area contributed by atoms with Crippen molar-refractivity contribution in [3.8, 4) is 17.4 Å². The fourth-order valence-corrected chi connectivity index (χ4v) is 2.17.